The molecule has 7 nitrogen and oxygen atoms in total. The van der Waals surface area contributed by atoms with Crippen molar-refractivity contribution < 1.29 is 33.6 Å². The highest BCUT2D eigenvalue weighted by Gasteiger charge is 2.49. The van der Waals surface area contributed by atoms with Gasteiger partial charge in [0.2, 0.25) is 0 Å². The molecule has 1 aromatic rings. The van der Waals surface area contributed by atoms with Crippen molar-refractivity contribution in [1.29, 1.82) is 0 Å². The maximum atomic E-state index is 13.9. The number of hydrogen-bond donors (Lipinski definition) is 1. The summed E-state index contributed by atoms with van der Waals surface area (Å²) in [5, 5.41) is 10.9. The molecule has 0 unspecified atom stereocenters. The second-order valence-electron chi connectivity index (χ2n) is 9.02. The third kappa shape index (κ3) is 7.54. The van der Waals surface area contributed by atoms with E-state index in [4.69, 9.17) is 18.9 Å². The zero-order valence-corrected chi connectivity index (χ0v) is 21.9. The van der Waals surface area contributed by atoms with Gasteiger partial charge in [0.15, 0.2) is 25.2 Å². The van der Waals surface area contributed by atoms with E-state index in [1.807, 2.05) is 39.8 Å². The van der Waals surface area contributed by atoms with Crippen LogP contribution in [0.1, 0.15) is 46.1 Å². The molecule has 0 radical (unpaired) electrons. The minimum Gasteiger partial charge on any atom is -0.507 e. The first-order valence-corrected chi connectivity index (χ1v) is 11.7. The van der Waals surface area contributed by atoms with Gasteiger partial charge in [0.25, 0.3) is 0 Å². The molecule has 0 saturated heterocycles. The second kappa shape index (κ2) is 13.6. The molecule has 0 saturated carbocycles. The molecule has 1 aromatic carbocycles. The van der Waals surface area contributed by atoms with Gasteiger partial charge in [0.1, 0.15) is 22.8 Å². The third-order valence-electron chi connectivity index (χ3n) is 5.61. The van der Waals surface area contributed by atoms with Crippen LogP contribution in [0.2, 0.25) is 0 Å². The summed E-state index contributed by atoms with van der Waals surface area (Å²) >= 11 is 0. The van der Waals surface area contributed by atoms with Crippen LogP contribution >= 0.6 is 0 Å². The Morgan fingerprint density at radius 2 is 1.44 bits per heavy atom. The molecular formula is C29H36O7. The number of benzene rings is 1. The quantitative estimate of drug-likeness (QED) is 0.128. The third-order valence-corrected chi connectivity index (χ3v) is 5.61. The van der Waals surface area contributed by atoms with E-state index in [9.17, 15) is 14.7 Å². The lowest BCUT2D eigenvalue weighted by molar-refractivity contribution is -0.130. The maximum Gasteiger partial charge on any atom is 0.196 e. The van der Waals surface area contributed by atoms with Crippen LogP contribution in [0.25, 0.3) is 6.08 Å². The van der Waals surface area contributed by atoms with Crippen molar-refractivity contribution in [3.63, 3.8) is 0 Å². The Labute approximate surface area is 213 Å². The summed E-state index contributed by atoms with van der Waals surface area (Å²) in [6, 6.07) is 7.08. The largest absolute Gasteiger partial charge is 0.507 e. The molecule has 1 aliphatic carbocycles. The number of carbonyl (C=O) groups is 2. The van der Waals surface area contributed by atoms with Gasteiger partial charge < -0.3 is 24.1 Å². The Hall–Kier alpha value is -3.42. The summed E-state index contributed by atoms with van der Waals surface area (Å²) in [7, 11) is 3.01. The van der Waals surface area contributed by atoms with Gasteiger partial charge in [-0.1, -0.05) is 41.5 Å². The Morgan fingerprint density at radius 3 is 1.97 bits per heavy atom. The van der Waals surface area contributed by atoms with E-state index in [0.717, 1.165) is 16.7 Å². The van der Waals surface area contributed by atoms with Crippen molar-refractivity contribution in [2.75, 3.05) is 27.8 Å². The van der Waals surface area contributed by atoms with Crippen molar-refractivity contribution in [3.05, 3.63) is 82.4 Å². The fourth-order valence-electron chi connectivity index (χ4n) is 3.62. The molecule has 0 atom stereocenters. The van der Waals surface area contributed by atoms with Crippen molar-refractivity contribution in [2.24, 2.45) is 5.41 Å². The minimum atomic E-state index is -1.18. The topological polar surface area (TPSA) is 91.3 Å². The zero-order valence-electron chi connectivity index (χ0n) is 21.9. The summed E-state index contributed by atoms with van der Waals surface area (Å²) in [6.07, 6.45) is 8.77. The normalized spacial score (nSPS) is 16.4. The fourth-order valence-corrected chi connectivity index (χ4v) is 3.62. The van der Waals surface area contributed by atoms with E-state index in [1.165, 1.54) is 26.4 Å². The predicted molar refractivity (Wildman–Crippen MR) is 139 cm³/mol. The molecule has 0 heterocycles. The number of hydrogen-bond acceptors (Lipinski definition) is 7. The van der Waals surface area contributed by atoms with Crippen LogP contribution in [0.4, 0.5) is 0 Å². The highest BCUT2D eigenvalue weighted by Crippen LogP contribution is 2.44. The van der Waals surface area contributed by atoms with Gasteiger partial charge in [-0.25, -0.2) is 0 Å². The highest BCUT2D eigenvalue weighted by atomic mass is 16.7. The molecule has 0 aromatic heterocycles. The van der Waals surface area contributed by atoms with Crippen LogP contribution in [0.3, 0.4) is 0 Å². The first-order valence-electron chi connectivity index (χ1n) is 11.7. The average molecular weight is 497 g/mol. The monoisotopic (exact) mass is 496 g/mol. The Kier molecular flexibility index (Phi) is 10.9. The van der Waals surface area contributed by atoms with Crippen LogP contribution in [0, 0.1) is 5.41 Å². The number of rotatable bonds is 12. The molecule has 0 spiro atoms. The zero-order chi connectivity index (χ0) is 26.7. The van der Waals surface area contributed by atoms with E-state index >= 15 is 0 Å². The maximum absolute atomic E-state index is 13.9. The van der Waals surface area contributed by atoms with E-state index in [-0.39, 0.29) is 24.9 Å². The van der Waals surface area contributed by atoms with Crippen LogP contribution < -0.4 is 4.74 Å². The molecule has 1 aliphatic rings. The molecule has 0 bridgehead atoms. The fraction of sp³-hybridized carbons (Fsp3) is 0.379. The predicted octanol–water partition coefficient (Wildman–Crippen LogP) is 5.85. The minimum absolute atomic E-state index is 0.104. The van der Waals surface area contributed by atoms with E-state index in [2.05, 4.69) is 0 Å². The van der Waals surface area contributed by atoms with E-state index < -0.39 is 22.7 Å². The van der Waals surface area contributed by atoms with Gasteiger partial charge in [0, 0.05) is 20.3 Å². The number of ether oxygens (including phenoxy) is 4. The van der Waals surface area contributed by atoms with Gasteiger partial charge in [-0.15, -0.1) is 0 Å². The summed E-state index contributed by atoms with van der Waals surface area (Å²) in [5.74, 6) is -0.624. The number of Topliss-reactive ketones (excluding diaryl/α,β-unsaturated/α-hetero) is 1. The Bertz CT molecular complexity index is 1060. The van der Waals surface area contributed by atoms with Gasteiger partial charge >= 0.3 is 0 Å². The molecule has 2 rings (SSSR count). The summed E-state index contributed by atoms with van der Waals surface area (Å²) in [4.78, 5) is 26.9. The van der Waals surface area contributed by atoms with E-state index in [1.54, 1.807) is 30.3 Å². The molecule has 36 heavy (non-hydrogen) atoms. The van der Waals surface area contributed by atoms with Crippen molar-refractivity contribution in [1.82, 2.24) is 0 Å². The van der Waals surface area contributed by atoms with Crippen LogP contribution in [0.15, 0.2) is 76.8 Å². The summed E-state index contributed by atoms with van der Waals surface area (Å²) in [5.41, 5.74) is 1.35. The van der Waals surface area contributed by atoms with Gasteiger partial charge in [-0.2, -0.15) is 0 Å². The van der Waals surface area contributed by atoms with Crippen molar-refractivity contribution in [2.45, 2.75) is 40.5 Å². The van der Waals surface area contributed by atoms with E-state index in [0.29, 0.717) is 18.6 Å². The molecule has 7 heteroatoms. The lowest BCUT2D eigenvalue weighted by atomic mass is 9.68. The van der Waals surface area contributed by atoms with Crippen LogP contribution in [-0.4, -0.2) is 44.5 Å². The smallest absolute Gasteiger partial charge is 0.196 e. The molecule has 0 aliphatic heterocycles. The van der Waals surface area contributed by atoms with Gasteiger partial charge in [-0.3, -0.25) is 9.59 Å². The first kappa shape index (κ1) is 28.8. The van der Waals surface area contributed by atoms with Crippen molar-refractivity contribution >= 4 is 17.6 Å². The van der Waals surface area contributed by atoms with Crippen molar-refractivity contribution in [3.8, 4) is 5.75 Å². The first-order chi connectivity index (χ1) is 17.1. The molecular weight excluding hydrogens is 460 g/mol. The van der Waals surface area contributed by atoms with Crippen LogP contribution in [0.5, 0.6) is 5.75 Å². The molecule has 0 amide bonds. The van der Waals surface area contributed by atoms with Crippen LogP contribution in [-0.2, 0) is 23.8 Å². The molecule has 194 valence electrons. The van der Waals surface area contributed by atoms with Gasteiger partial charge in [0.05, 0.1) is 5.41 Å². The Balaban J connectivity index is 2.52. The molecule has 1 N–H and O–H groups in total. The average Bonchev–Trinajstić information content (AvgIpc) is 2.84. The number of aliphatic hydroxyl groups excluding tert-OH is 1. The lowest BCUT2D eigenvalue weighted by Crippen LogP contribution is -2.41. The lowest BCUT2D eigenvalue weighted by Gasteiger charge is -2.36. The molecule has 0 fully saturated rings. The number of aliphatic hydroxyl groups is 1. The Morgan fingerprint density at radius 1 is 0.889 bits per heavy atom. The SMILES string of the molecule is COCOC1=CC(=O)/C(=C(O)/C=C/c2ccc(OCOC)cc2)C(=O)C1(CC=C(C)C)CC=C(C)C. The number of ketones is 2. The summed E-state index contributed by atoms with van der Waals surface area (Å²) in [6.45, 7) is 7.79. The number of allylic oxidation sites excluding steroid dienone is 8. The summed E-state index contributed by atoms with van der Waals surface area (Å²) < 4.78 is 21.0. The number of methoxy groups -OCH3 is 2. The highest BCUT2D eigenvalue weighted by molar-refractivity contribution is 6.29. The van der Waals surface area contributed by atoms with Gasteiger partial charge in [-0.05, 0) is 64.3 Å². The second-order valence-corrected chi connectivity index (χ2v) is 9.02. The standard InChI is InChI=1S/C29H36O7/c1-20(2)13-15-29(16-14-21(3)4)26(36-19-34-6)17-25(31)27(28(29)32)24(30)12-9-22-7-10-23(11-8-22)35-18-33-5/h7-14,17,30H,15-16,18-19H2,1-6H3/b12-9+,27-24+. The number of carbonyl (C=O) groups excluding carboxylic acids is 2.